The summed E-state index contributed by atoms with van der Waals surface area (Å²) in [6.07, 6.45) is -2.42. The lowest BCUT2D eigenvalue weighted by Crippen LogP contribution is -1.91. The summed E-state index contributed by atoms with van der Waals surface area (Å²) in [5.74, 6) is 0. The summed E-state index contributed by atoms with van der Waals surface area (Å²) in [4.78, 5) is 0. The predicted octanol–water partition coefficient (Wildman–Crippen LogP) is 4.46. The second-order valence-electron chi connectivity index (χ2n) is 2.42. The van der Waals surface area contributed by atoms with Gasteiger partial charge in [-0.3, -0.25) is 0 Å². The monoisotopic (exact) mass is 298 g/mol. The van der Waals surface area contributed by atoms with Crippen LogP contribution >= 0.6 is 31.9 Å². The van der Waals surface area contributed by atoms with Gasteiger partial charge in [-0.05, 0) is 24.6 Å². The number of alkyl halides is 2. The van der Waals surface area contributed by atoms with Crippen LogP contribution in [0.3, 0.4) is 0 Å². The van der Waals surface area contributed by atoms with Crippen molar-refractivity contribution in [2.45, 2.75) is 13.3 Å². The number of aryl methyl sites for hydroxylation is 1. The molecule has 1 aromatic carbocycles. The first-order valence-corrected chi connectivity index (χ1v) is 4.84. The van der Waals surface area contributed by atoms with Gasteiger partial charge in [0.15, 0.2) is 0 Å². The van der Waals surface area contributed by atoms with Crippen molar-refractivity contribution in [3.63, 3.8) is 0 Å². The Bertz CT molecular complexity index is 274. The Morgan fingerprint density at radius 3 is 2.25 bits per heavy atom. The SMILES string of the molecule is Cc1cc(Br)cc(Br)c1C(F)F. The van der Waals surface area contributed by atoms with Crippen molar-refractivity contribution in [3.8, 4) is 0 Å². The van der Waals surface area contributed by atoms with Crippen molar-refractivity contribution < 1.29 is 8.78 Å². The van der Waals surface area contributed by atoms with Crippen LogP contribution in [0.1, 0.15) is 17.6 Å². The highest BCUT2D eigenvalue weighted by molar-refractivity contribution is 9.11. The molecule has 0 heterocycles. The van der Waals surface area contributed by atoms with E-state index in [0.717, 1.165) is 4.47 Å². The molecule has 0 aliphatic carbocycles. The van der Waals surface area contributed by atoms with Gasteiger partial charge in [0.1, 0.15) is 0 Å². The molecule has 0 N–H and O–H groups in total. The van der Waals surface area contributed by atoms with Gasteiger partial charge in [-0.15, -0.1) is 0 Å². The fourth-order valence-corrected chi connectivity index (χ4v) is 2.60. The van der Waals surface area contributed by atoms with Crippen molar-refractivity contribution in [3.05, 3.63) is 32.2 Å². The fraction of sp³-hybridized carbons (Fsp3) is 0.250. The number of hydrogen-bond acceptors (Lipinski definition) is 0. The normalized spacial score (nSPS) is 10.8. The van der Waals surface area contributed by atoms with Gasteiger partial charge in [-0.2, -0.15) is 0 Å². The summed E-state index contributed by atoms with van der Waals surface area (Å²) in [6, 6.07) is 3.29. The van der Waals surface area contributed by atoms with Gasteiger partial charge in [-0.1, -0.05) is 31.9 Å². The van der Waals surface area contributed by atoms with E-state index in [-0.39, 0.29) is 5.56 Å². The molecule has 1 aromatic rings. The molecule has 0 aromatic heterocycles. The van der Waals surface area contributed by atoms with Crippen molar-refractivity contribution in [1.29, 1.82) is 0 Å². The molecule has 0 saturated carbocycles. The van der Waals surface area contributed by atoms with E-state index >= 15 is 0 Å². The molecular formula is C8H6Br2F2. The Morgan fingerprint density at radius 2 is 1.83 bits per heavy atom. The molecule has 0 nitrogen and oxygen atoms in total. The molecule has 66 valence electrons. The maximum absolute atomic E-state index is 12.4. The Balaban J connectivity index is 3.28. The molecule has 0 aliphatic rings. The molecule has 0 saturated heterocycles. The quantitative estimate of drug-likeness (QED) is 0.718. The highest BCUT2D eigenvalue weighted by Gasteiger charge is 2.14. The number of halogens is 4. The van der Waals surface area contributed by atoms with E-state index in [1.807, 2.05) is 0 Å². The van der Waals surface area contributed by atoms with E-state index in [0.29, 0.717) is 10.0 Å². The standard InChI is InChI=1S/C8H6Br2F2/c1-4-2-5(9)3-6(10)7(4)8(11)12/h2-3,8H,1H3. The number of rotatable bonds is 1. The highest BCUT2D eigenvalue weighted by atomic mass is 79.9. The van der Waals surface area contributed by atoms with E-state index in [2.05, 4.69) is 31.9 Å². The minimum absolute atomic E-state index is 0.0678. The third-order valence-electron chi connectivity index (χ3n) is 1.52. The second kappa shape index (κ2) is 3.83. The highest BCUT2D eigenvalue weighted by Crippen LogP contribution is 2.32. The van der Waals surface area contributed by atoms with Crippen molar-refractivity contribution >= 4 is 31.9 Å². The first kappa shape index (κ1) is 10.1. The smallest absolute Gasteiger partial charge is 0.205 e. The summed E-state index contributed by atoms with van der Waals surface area (Å²) < 4.78 is 26.0. The minimum atomic E-state index is -2.42. The molecule has 0 spiro atoms. The summed E-state index contributed by atoms with van der Waals surface area (Å²) in [5.41, 5.74) is 0.657. The van der Waals surface area contributed by atoms with E-state index in [9.17, 15) is 8.78 Å². The summed E-state index contributed by atoms with van der Waals surface area (Å²) in [5, 5.41) is 0. The van der Waals surface area contributed by atoms with Crippen LogP contribution in [0, 0.1) is 6.92 Å². The first-order valence-electron chi connectivity index (χ1n) is 3.26. The second-order valence-corrected chi connectivity index (χ2v) is 4.19. The lowest BCUT2D eigenvalue weighted by Gasteiger charge is -2.07. The van der Waals surface area contributed by atoms with Gasteiger partial charge in [0, 0.05) is 14.5 Å². The van der Waals surface area contributed by atoms with Crippen LogP contribution in [-0.2, 0) is 0 Å². The zero-order chi connectivity index (χ0) is 9.30. The molecule has 0 radical (unpaired) electrons. The zero-order valence-corrected chi connectivity index (χ0v) is 9.42. The molecule has 12 heavy (non-hydrogen) atoms. The fourth-order valence-electron chi connectivity index (χ4n) is 0.990. The van der Waals surface area contributed by atoms with Crippen molar-refractivity contribution in [1.82, 2.24) is 0 Å². The van der Waals surface area contributed by atoms with Gasteiger partial charge in [0.05, 0.1) is 0 Å². The third kappa shape index (κ3) is 2.04. The number of benzene rings is 1. The Morgan fingerprint density at radius 1 is 1.25 bits per heavy atom. The van der Waals surface area contributed by atoms with Crippen molar-refractivity contribution in [2.24, 2.45) is 0 Å². The van der Waals surface area contributed by atoms with E-state index in [1.165, 1.54) is 0 Å². The zero-order valence-electron chi connectivity index (χ0n) is 6.24. The lowest BCUT2D eigenvalue weighted by atomic mass is 10.1. The van der Waals surface area contributed by atoms with Gasteiger partial charge in [0.2, 0.25) is 0 Å². The Kier molecular flexibility index (Phi) is 3.23. The molecule has 0 aliphatic heterocycles. The molecule has 0 bridgehead atoms. The van der Waals surface area contributed by atoms with Crippen LogP contribution in [0.5, 0.6) is 0 Å². The van der Waals surface area contributed by atoms with Gasteiger partial charge < -0.3 is 0 Å². The van der Waals surface area contributed by atoms with Crippen molar-refractivity contribution in [2.75, 3.05) is 0 Å². The average Bonchev–Trinajstić information content (AvgIpc) is 1.82. The van der Waals surface area contributed by atoms with E-state index < -0.39 is 6.43 Å². The first-order chi connectivity index (χ1) is 5.52. The van der Waals surface area contributed by atoms with Gasteiger partial charge in [-0.25, -0.2) is 8.78 Å². The molecule has 1 rings (SSSR count). The summed E-state index contributed by atoms with van der Waals surface area (Å²) in [6.45, 7) is 1.66. The van der Waals surface area contributed by atoms with Crippen LogP contribution in [0.25, 0.3) is 0 Å². The lowest BCUT2D eigenvalue weighted by molar-refractivity contribution is 0.149. The predicted molar refractivity (Wildman–Crippen MR) is 51.5 cm³/mol. The molecule has 0 fully saturated rings. The molecule has 0 atom stereocenters. The maximum Gasteiger partial charge on any atom is 0.265 e. The maximum atomic E-state index is 12.4. The summed E-state index contributed by atoms with van der Waals surface area (Å²) >= 11 is 6.31. The van der Waals surface area contributed by atoms with E-state index in [4.69, 9.17) is 0 Å². The third-order valence-corrected chi connectivity index (χ3v) is 2.63. The molecule has 4 heteroatoms. The molecular weight excluding hydrogens is 294 g/mol. The Labute approximate surface area is 86.2 Å². The van der Waals surface area contributed by atoms with Gasteiger partial charge in [0.25, 0.3) is 6.43 Å². The average molecular weight is 300 g/mol. The van der Waals surface area contributed by atoms with Gasteiger partial charge >= 0.3 is 0 Å². The molecule has 0 unspecified atom stereocenters. The molecule has 0 amide bonds. The van der Waals surface area contributed by atoms with Crippen LogP contribution in [0.2, 0.25) is 0 Å². The topological polar surface area (TPSA) is 0 Å². The number of hydrogen-bond donors (Lipinski definition) is 0. The summed E-state index contributed by atoms with van der Waals surface area (Å²) in [7, 11) is 0. The Hall–Kier alpha value is 0.0400. The van der Waals surface area contributed by atoms with Crippen LogP contribution < -0.4 is 0 Å². The van der Waals surface area contributed by atoms with Crippen LogP contribution in [-0.4, -0.2) is 0 Å². The van der Waals surface area contributed by atoms with Crippen LogP contribution in [0.4, 0.5) is 8.78 Å². The van der Waals surface area contributed by atoms with E-state index in [1.54, 1.807) is 19.1 Å². The minimum Gasteiger partial charge on any atom is -0.205 e. The van der Waals surface area contributed by atoms with Crippen LogP contribution in [0.15, 0.2) is 21.1 Å². The largest absolute Gasteiger partial charge is 0.265 e.